The van der Waals surface area contributed by atoms with Crippen LogP contribution in [0.15, 0.2) is 47.9 Å². The minimum absolute atomic E-state index is 0.0169. The van der Waals surface area contributed by atoms with E-state index in [9.17, 15) is 21.6 Å². The fourth-order valence-corrected chi connectivity index (χ4v) is 3.24. The number of hydrogen-bond donors (Lipinski definition) is 0. The van der Waals surface area contributed by atoms with E-state index in [-0.39, 0.29) is 27.7 Å². The highest BCUT2D eigenvalue weighted by atomic mass is 32.2. The zero-order valence-electron chi connectivity index (χ0n) is 13.3. The summed E-state index contributed by atoms with van der Waals surface area (Å²) in [5.74, 6) is -0.128. The standard InChI is InChI=1S/C15H12F3N5O2S/c1-2-26(24,25)13-4-3-5-20-14(13)12-9-23(22-21-12)11-6-10(7-19-8-11)15(16,17)18/h3-9H,2H2,1H3. The third-order valence-corrected chi connectivity index (χ3v) is 5.30. The van der Waals surface area contributed by atoms with Gasteiger partial charge in [-0.2, -0.15) is 13.2 Å². The Balaban J connectivity index is 2.06. The van der Waals surface area contributed by atoms with E-state index < -0.39 is 21.6 Å². The summed E-state index contributed by atoms with van der Waals surface area (Å²) in [6.07, 6.45) is 0.0423. The van der Waals surface area contributed by atoms with Crippen molar-refractivity contribution >= 4 is 9.84 Å². The Kier molecular flexibility index (Phi) is 4.48. The van der Waals surface area contributed by atoms with Crippen LogP contribution in [0.25, 0.3) is 17.1 Å². The Hall–Kier alpha value is -2.82. The first-order chi connectivity index (χ1) is 12.2. The van der Waals surface area contributed by atoms with Crippen molar-refractivity contribution in [3.8, 4) is 17.1 Å². The third-order valence-electron chi connectivity index (χ3n) is 3.54. The Bertz CT molecular complexity index is 1050. The summed E-state index contributed by atoms with van der Waals surface area (Å²) in [4.78, 5) is 7.58. The number of rotatable bonds is 4. The molecule has 0 saturated carbocycles. The smallest absolute Gasteiger partial charge is 0.262 e. The lowest BCUT2D eigenvalue weighted by atomic mass is 10.2. The van der Waals surface area contributed by atoms with Crippen molar-refractivity contribution in [1.82, 2.24) is 25.0 Å². The van der Waals surface area contributed by atoms with E-state index in [4.69, 9.17) is 0 Å². The van der Waals surface area contributed by atoms with Gasteiger partial charge < -0.3 is 0 Å². The molecular formula is C15H12F3N5O2S. The molecule has 0 spiro atoms. The van der Waals surface area contributed by atoms with Crippen LogP contribution in [-0.2, 0) is 16.0 Å². The summed E-state index contributed by atoms with van der Waals surface area (Å²) in [6, 6.07) is 3.74. The van der Waals surface area contributed by atoms with Crippen LogP contribution in [0, 0.1) is 0 Å². The molecule has 26 heavy (non-hydrogen) atoms. The summed E-state index contributed by atoms with van der Waals surface area (Å²) in [5.41, 5.74) is -0.691. The molecule has 3 rings (SSSR count). The molecule has 0 fully saturated rings. The van der Waals surface area contributed by atoms with Crippen molar-refractivity contribution < 1.29 is 21.6 Å². The van der Waals surface area contributed by atoms with E-state index in [1.807, 2.05) is 0 Å². The van der Waals surface area contributed by atoms with Gasteiger partial charge in [0.05, 0.1) is 34.3 Å². The van der Waals surface area contributed by atoms with Crippen molar-refractivity contribution in [3.05, 3.63) is 48.5 Å². The van der Waals surface area contributed by atoms with Gasteiger partial charge in [-0.3, -0.25) is 9.97 Å². The Morgan fingerprint density at radius 1 is 1.23 bits per heavy atom. The summed E-state index contributed by atoms with van der Waals surface area (Å²) in [7, 11) is -3.56. The molecule has 0 amide bonds. The quantitative estimate of drug-likeness (QED) is 0.688. The predicted octanol–water partition coefficient (Wildman–Crippen LogP) is 2.54. The van der Waals surface area contributed by atoms with Gasteiger partial charge in [0.25, 0.3) is 0 Å². The average molecular weight is 383 g/mol. The second-order valence-corrected chi connectivity index (χ2v) is 7.48. The minimum atomic E-state index is -4.55. The number of pyridine rings is 2. The monoisotopic (exact) mass is 383 g/mol. The van der Waals surface area contributed by atoms with E-state index in [1.54, 1.807) is 0 Å². The zero-order chi connectivity index (χ0) is 18.9. The maximum atomic E-state index is 12.8. The SMILES string of the molecule is CCS(=O)(=O)c1cccnc1-c1cn(-c2cncc(C(F)(F)F)c2)nn1. The number of sulfone groups is 1. The first kappa shape index (κ1) is 18.0. The van der Waals surface area contributed by atoms with Gasteiger partial charge in [-0.05, 0) is 18.2 Å². The molecule has 11 heteroatoms. The van der Waals surface area contributed by atoms with Crippen LogP contribution in [0.1, 0.15) is 12.5 Å². The lowest BCUT2D eigenvalue weighted by Crippen LogP contribution is -2.07. The predicted molar refractivity (Wildman–Crippen MR) is 85.1 cm³/mol. The molecule has 0 radical (unpaired) electrons. The average Bonchev–Trinajstić information content (AvgIpc) is 3.11. The second-order valence-electron chi connectivity index (χ2n) is 5.23. The number of nitrogens with zero attached hydrogens (tertiary/aromatic N) is 5. The van der Waals surface area contributed by atoms with Crippen molar-refractivity contribution in [3.63, 3.8) is 0 Å². The normalized spacial score (nSPS) is 12.3. The van der Waals surface area contributed by atoms with E-state index >= 15 is 0 Å². The molecule has 3 aromatic rings. The molecule has 0 bridgehead atoms. The van der Waals surface area contributed by atoms with Crippen LogP contribution in [0.5, 0.6) is 0 Å². The number of halogens is 3. The lowest BCUT2D eigenvalue weighted by molar-refractivity contribution is -0.137. The van der Waals surface area contributed by atoms with Crippen LogP contribution >= 0.6 is 0 Å². The molecule has 3 heterocycles. The first-order valence-electron chi connectivity index (χ1n) is 7.35. The molecule has 0 aromatic carbocycles. The maximum absolute atomic E-state index is 12.8. The van der Waals surface area contributed by atoms with Gasteiger partial charge in [-0.15, -0.1) is 5.10 Å². The Morgan fingerprint density at radius 3 is 2.69 bits per heavy atom. The van der Waals surface area contributed by atoms with Crippen LogP contribution in [0.4, 0.5) is 13.2 Å². The molecule has 0 N–H and O–H groups in total. The molecular weight excluding hydrogens is 371 g/mol. The number of aromatic nitrogens is 5. The summed E-state index contributed by atoms with van der Waals surface area (Å²) >= 11 is 0. The van der Waals surface area contributed by atoms with Crippen molar-refractivity contribution in [2.75, 3.05) is 5.75 Å². The van der Waals surface area contributed by atoms with Gasteiger partial charge >= 0.3 is 6.18 Å². The van der Waals surface area contributed by atoms with Gasteiger partial charge in [0, 0.05) is 12.4 Å². The highest BCUT2D eigenvalue weighted by molar-refractivity contribution is 7.91. The first-order valence-corrected chi connectivity index (χ1v) is 9.00. The van der Waals surface area contributed by atoms with Crippen molar-refractivity contribution in [2.45, 2.75) is 18.0 Å². The fourth-order valence-electron chi connectivity index (χ4n) is 2.20. The summed E-state index contributed by atoms with van der Waals surface area (Å²) < 4.78 is 63.9. The van der Waals surface area contributed by atoms with Gasteiger partial charge in [-0.1, -0.05) is 12.1 Å². The topological polar surface area (TPSA) is 90.6 Å². The number of alkyl halides is 3. The van der Waals surface area contributed by atoms with Gasteiger partial charge in [-0.25, -0.2) is 13.1 Å². The molecule has 0 atom stereocenters. The van der Waals surface area contributed by atoms with Crippen molar-refractivity contribution in [1.29, 1.82) is 0 Å². The fraction of sp³-hybridized carbons (Fsp3) is 0.200. The van der Waals surface area contributed by atoms with E-state index in [0.717, 1.165) is 10.7 Å². The van der Waals surface area contributed by atoms with Crippen LogP contribution in [0.3, 0.4) is 0 Å². The molecule has 0 unspecified atom stereocenters. The van der Waals surface area contributed by atoms with Gasteiger partial charge in [0.2, 0.25) is 0 Å². The zero-order valence-corrected chi connectivity index (χ0v) is 14.2. The lowest BCUT2D eigenvalue weighted by Gasteiger charge is -2.07. The Morgan fingerprint density at radius 2 is 2.00 bits per heavy atom. The largest absolute Gasteiger partial charge is 0.417 e. The van der Waals surface area contributed by atoms with Gasteiger partial charge in [0.15, 0.2) is 9.84 Å². The maximum Gasteiger partial charge on any atom is 0.417 e. The molecule has 0 aliphatic rings. The molecule has 0 aliphatic heterocycles. The summed E-state index contributed by atoms with van der Waals surface area (Å²) in [6.45, 7) is 1.50. The van der Waals surface area contributed by atoms with E-state index in [2.05, 4.69) is 20.3 Å². The minimum Gasteiger partial charge on any atom is -0.262 e. The Labute approximate surface area is 146 Å². The van der Waals surface area contributed by atoms with Crippen LogP contribution in [0.2, 0.25) is 0 Å². The van der Waals surface area contributed by atoms with E-state index in [1.165, 1.54) is 37.6 Å². The van der Waals surface area contributed by atoms with Crippen LogP contribution in [-0.4, -0.2) is 39.1 Å². The molecule has 0 saturated heterocycles. The third kappa shape index (κ3) is 3.43. The van der Waals surface area contributed by atoms with Crippen LogP contribution < -0.4 is 0 Å². The molecule has 136 valence electrons. The van der Waals surface area contributed by atoms with Crippen molar-refractivity contribution in [2.24, 2.45) is 0 Å². The highest BCUT2D eigenvalue weighted by Gasteiger charge is 2.31. The summed E-state index contributed by atoms with van der Waals surface area (Å²) in [5, 5.41) is 7.60. The molecule has 3 aromatic heterocycles. The second kappa shape index (κ2) is 6.48. The molecule has 0 aliphatic carbocycles. The number of hydrogen-bond acceptors (Lipinski definition) is 6. The highest BCUT2D eigenvalue weighted by Crippen LogP contribution is 2.30. The van der Waals surface area contributed by atoms with Gasteiger partial charge in [0.1, 0.15) is 11.4 Å². The molecule has 7 nitrogen and oxygen atoms in total. The van der Waals surface area contributed by atoms with E-state index in [0.29, 0.717) is 6.20 Å².